The Balaban J connectivity index is 0.00000256. The van der Waals surface area contributed by atoms with Crippen LogP contribution in [0.5, 0.6) is 5.75 Å². The van der Waals surface area contributed by atoms with Crippen LogP contribution in [-0.4, -0.2) is 45.0 Å². The molecule has 2 aromatic carbocycles. The number of nitrogens with two attached hydrogens (primary N) is 2. The van der Waals surface area contributed by atoms with Crippen LogP contribution in [0.3, 0.4) is 0 Å². The highest BCUT2D eigenvalue weighted by Crippen LogP contribution is 2.35. The summed E-state index contributed by atoms with van der Waals surface area (Å²) in [5.74, 6) is 1.53. The lowest BCUT2D eigenvalue weighted by Crippen LogP contribution is -2.28. The van der Waals surface area contributed by atoms with Crippen molar-refractivity contribution in [2.45, 2.75) is 30.9 Å². The maximum Gasteiger partial charge on any atom is 0.248 e. The molecule has 1 fully saturated rings. The summed E-state index contributed by atoms with van der Waals surface area (Å²) in [4.78, 5) is 16.1. The monoisotopic (exact) mass is 429 g/mol. The number of aliphatic hydroxyl groups excluding tert-OH is 1. The molecule has 0 bridgehead atoms. The third kappa shape index (κ3) is 4.16. The summed E-state index contributed by atoms with van der Waals surface area (Å²) in [6.45, 7) is 0. The molecule has 9 heteroatoms. The standard InChI is InChI=1S/C21H23N5O3.ClH/c1-29-16-8-6-15(7-9-16)26-21(14-10-17(22)18(27)11-14)24-20(25-26)13-4-2-12(3-5-13)19(23)28;/h2-9,14,17-18,27H,10-11,22H2,1H3,(H2,23,28);1H/t14-,17+,18+;/m0./s1. The first kappa shape index (κ1) is 21.8. The number of amides is 1. The van der Waals surface area contributed by atoms with Crippen LogP contribution in [-0.2, 0) is 0 Å². The summed E-state index contributed by atoms with van der Waals surface area (Å²) < 4.78 is 7.02. The SMILES string of the molecule is COc1ccc(-n2nc(-c3ccc(C(N)=O)cc3)nc2[C@H]2C[C@@H](N)[C@H](O)C2)cc1.Cl. The molecule has 3 aromatic rings. The van der Waals surface area contributed by atoms with Crippen LogP contribution >= 0.6 is 12.4 Å². The number of carbonyl (C=O) groups is 1. The van der Waals surface area contributed by atoms with Crippen LogP contribution in [0.4, 0.5) is 0 Å². The minimum atomic E-state index is -0.556. The van der Waals surface area contributed by atoms with Gasteiger partial charge in [-0.2, -0.15) is 0 Å². The number of hydrogen-bond acceptors (Lipinski definition) is 6. The van der Waals surface area contributed by atoms with E-state index in [-0.39, 0.29) is 24.4 Å². The number of methoxy groups -OCH3 is 1. The molecular weight excluding hydrogens is 406 g/mol. The Morgan fingerprint density at radius 1 is 1.13 bits per heavy atom. The van der Waals surface area contributed by atoms with Crippen molar-refractivity contribution in [2.24, 2.45) is 11.5 Å². The molecule has 0 spiro atoms. The fraction of sp³-hybridized carbons (Fsp3) is 0.286. The Labute approximate surface area is 180 Å². The molecule has 1 aliphatic carbocycles. The molecule has 30 heavy (non-hydrogen) atoms. The number of halogens is 1. The normalized spacial score (nSPS) is 20.6. The minimum absolute atomic E-state index is 0. The number of primary amides is 1. The van der Waals surface area contributed by atoms with E-state index in [4.69, 9.17) is 26.3 Å². The molecule has 158 valence electrons. The van der Waals surface area contributed by atoms with Gasteiger partial charge in [-0.05, 0) is 49.2 Å². The van der Waals surface area contributed by atoms with E-state index >= 15 is 0 Å². The molecule has 0 saturated heterocycles. The van der Waals surface area contributed by atoms with Gasteiger partial charge in [-0.3, -0.25) is 4.79 Å². The first-order valence-electron chi connectivity index (χ1n) is 9.41. The summed E-state index contributed by atoms with van der Waals surface area (Å²) in [5.41, 5.74) is 13.4. The number of carbonyl (C=O) groups excluding carboxylic acids is 1. The number of rotatable bonds is 5. The molecule has 1 saturated carbocycles. The number of aromatic nitrogens is 3. The van der Waals surface area contributed by atoms with Crippen LogP contribution in [0.2, 0.25) is 0 Å². The van der Waals surface area contributed by atoms with Crippen LogP contribution < -0.4 is 16.2 Å². The highest BCUT2D eigenvalue weighted by atomic mass is 35.5. The molecule has 8 nitrogen and oxygen atoms in total. The lowest BCUT2D eigenvalue weighted by molar-refractivity contribution is 0.100. The second-order valence-corrected chi connectivity index (χ2v) is 7.24. The summed E-state index contributed by atoms with van der Waals surface area (Å²) in [6.07, 6.45) is 0.617. The van der Waals surface area contributed by atoms with E-state index in [0.29, 0.717) is 24.2 Å². The van der Waals surface area contributed by atoms with Crippen molar-refractivity contribution in [3.05, 3.63) is 59.9 Å². The number of benzene rings is 2. The second-order valence-electron chi connectivity index (χ2n) is 7.24. The molecule has 0 aliphatic heterocycles. The van der Waals surface area contributed by atoms with Crippen molar-refractivity contribution >= 4 is 18.3 Å². The quantitative estimate of drug-likeness (QED) is 0.569. The number of aliphatic hydroxyl groups is 1. The predicted octanol–water partition coefficient (Wildman–Crippen LogP) is 2.03. The second kappa shape index (κ2) is 8.83. The summed E-state index contributed by atoms with van der Waals surface area (Å²) in [7, 11) is 1.62. The van der Waals surface area contributed by atoms with E-state index < -0.39 is 12.0 Å². The van der Waals surface area contributed by atoms with Crippen molar-refractivity contribution in [1.82, 2.24) is 14.8 Å². The van der Waals surface area contributed by atoms with Gasteiger partial charge in [0.15, 0.2) is 5.82 Å². The zero-order valence-corrected chi connectivity index (χ0v) is 17.2. The zero-order chi connectivity index (χ0) is 20.5. The Hall–Kier alpha value is -2.94. The molecule has 1 aromatic heterocycles. The highest BCUT2D eigenvalue weighted by molar-refractivity contribution is 5.93. The van der Waals surface area contributed by atoms with Gasteiger partial charge in [-0.25, -0.2) is 9.67 Å². The molecule has 0 radical (unpaired) electrons. The summed E-state index contributed by atoms with van der Waals surface area (Å²) >= 11 is 0. The van der Waals surface area contributed by atoms with Crippen molar-refractivity contribution in [2.75, 3.05) is 7.11 Å². The first-order chi connectivity index (χ1) is 14.0. The molecule has 5 N–H and O–H groups in total. The Bertz CT molecular complexity index is 1010. The maximum absolute atomic E-state index is 11.3. The van der Waals surface area contributed by atoms with Crippen molar-refractivity contribution < 1.29 is 14.6 Å². The van der Waals surface area contributed by atoms with E-state index in [0.717, 1.165) is 22.8 Å². The van der Waals surface area contributed by atoms with Crippen molar-refractivity contribution in [1.29, 1.82) is 0 Å². The van der Waals surface area contributed by atoms with Gasteiger partial charge in [0.2, 0.25) is 5.91 Å². The van der Waals surface area contributed by atoms with E-state index in [9.17, 15) is 9.90 Å². The van der Waals surface area contributed by atoms with Gasteiger partial charge in [0.25, 0.3) is 0 Å². The molecule has 1 heterocycles. The van der Waals surface area contributed by atoms with Gasteiger partial charge in [0.05, 0.1) is 18.9 Å². The minimum Gasteiger partial charge on any atom is -0.497 e. The van der Waals surface area contributed by atoms with Crippen molar-refractivity contribution in [3.63, 3.8) is 0 Å². The van der Waals surface area contributed by atoms with Crippen LogP contribution in [0.25, 0.3) is 17.1 Å². The van der Waals surface area contributed by atoms with Gasteiger partial charge < -0.3 is 21.3 Å². The number of nitrogens with zero attached hydrogens (tertiary/aromatic N) is 3. The molecule has 4 rings (SSSR count). The lowest BCUT2D eigenvalue weighted by atomic mass is 10.1. The lowest BCUT2D eigenvalue weighted by Gasteiger charge is -2.11. The molecular formula is C21H24ClN5O3. The maximum atomic E-state index is 11.3. The zero-order valence-electron chi connectivity index (χ0n) is 16.4. The Morgan fingerprint density at radius 2 is 1.80 bits per heavy atom. The highest BCUT2D eigenvalue weighted by Gasteiger charge is 2.35. The van der Waals surface area contributed by atoms with Gasteiger partial charge in [0.1, 0.15) is 11.6 Å². The molecule has 1 aliphatic rings. The van der Waals surface area contributed by atoms with Crippen molar-refractivity contribution in [3.8, 4) is 22.8 Å². The van der Waals surface area contributed by atoms with Gasteiger partial charge >= 0.3 is 0 Å². The van der Waals surface area contributed by atoms with Crippen LogP contribution in [0, 0.1) is 0 Å². The third-order valence-electron chi connectivity index (χ3n) is 5.32. The van der Waals surface area contributed by atoms with Gasteiger partial charge in [0, 0.05) is 23.1 Å². The van der Waals surface area contributed by atoms with Crippen LogP contribution in [0.1, 0.15) is 34.9 Å². The fourth-order valence-electron chi connectivity index (χ4n) is 3.67. The largest absolute Gasteiger partial charge is 0.497 e. The van der Waals surface area contributed by atoms with Gasteiger partial charge in [-0.1, -0.05) is 12.1 Å². The Morgan fingerprint density at radius 3 is 2.33 bits per heavy atom. The molecule has 3 atom stereocenters. The van der Waals surface area contributed by atoms with E-state index in [2.05, 4.69) is 0 Å². The van der Waals surface area contributed by atoms with Crippen LogP contribution in [0.15, 0.2) is 48.5 Å². The summed E-state index contributed by atoms with van der Waals surface area (Å²) in [5, 5.41) is 14.8. The average Bonchev–Trinajstić information content (AvgIpc) is 3.32. The fourth-order valence-corrected chi connectivity index (χ4v) is 3.67. The predicted molar refractivity (Wildman–Crippen MR) is 115 cm³/mol. The van der Waals surface area contributed by atoms with Gasteiger partial charge in [-0.15, -0.1) is 17.5 Å². The van der Waals surface area contributed by atoms with E-state index in [1.807, 2.05) is 24.3 Å². The molecule has 0 unspecified atom stereocenters. The molecule has 1 amide bonds. The smallest absolute Gasteiger partial charge is 0.248 e. The number of ether oxygens (including phenoxy) is 1. The first-order valence-corrected chi connectivity index (χ1v) is 9.41. The van der Waals surface area contributed by atoms with E-state index in [1.165, 1.54) is 0 Å². The average molecular weight is 430 g/mol. The topological polar surface area (TPSA) is 129 Å². The van der Waals surface area contributed by atoms with E-state index in [1.54, 1.807) is 36.1 Å². The Kier molecular flexibility index (Phi) is 6.40. The number of hydrogen-bond donors (Lipinski definition) is 3. The summed E-state index contributed by atoms with van der Waals surface area (Å²) in [6, 6.07) is 14.1. The third-order valence-corrected chi connectivity index (χ3v) is 5.32.